The summed E-state index contributed by atoms with van der Waals surface area (Å²) < 4.78 is 40.3. The second-order valence-corrected chi connectivity index (χ2v) is 7.85. The number of carbonyl (C=O) groups is 1. The van der Waals surface area contributed by atoms with E-state index in [0.29, 0.717) is 11.3 Å². The Bertz CT molecular complexity index is 1090. The monoisotopic (exact) mass is 428 g/mol. The molecule has 2 heterocycles. The lowest BCUT2D eigenvalue weighted by molar-refractivity contribution is -0.137. The van der Waals surface area contributed by atoms with E-state index in [0.717, 1.165) is 60.7 Å². The molecule has 1 aliphatic heterocycles. The number of amides is 1. The maximum absolute atomic E-state index is 12.7. The van der Waals surface area contributed by atoms with Crippen molar-refractivity contribution in [2.75, 3.05) is 5.32 Å². The fraction of sp³-hybridized carbons (Fsp3) is 0.348. The van der Waals surface area contributed by atoms with Gasteiger partial charge in [0.25, 0.3) is 0 Å². The number of rotatable bonds is 4. The predicted octanol–water partition coefficient (Wildman–Crippen LogP) is 5.18. The Labute approximate surface area is 178 Å². The highest BCUT2D eigenvalue weighted by Crippen LogP contribution is 2.30. The number of hydrogen-bond acceptors (Lipinski definition) is 3. The van der Waals surface area contributed by atoms with Crippen LogP contribution in [0.25, 0.3) is 11.4 Å². The largest absolute Gasteiger partial charge is 0.416 e. The lowest BCUT2D eigenvalue weighted by Crippen LogP contribution is -2.15. The zero-order chi connectivity index (χ0) is 22.0. The van der Waals surface area contributed by atoms with E-state index in [2.05, 4.69) is 20.1 Å². The molecule has 5 nitrogen and oxygen atoms in total. The first-order valence-corrected chi connectivity index (χ1v) is 10.3. The number of nitrogens with zero attached hydrogens (tertiary/aromatic N) is 3. The minimum absolute atomic E-state index is 0.0118. The van der Waals surface area contributed by atoms with Crippen molar-refractivity contribution in [1.82, 2.24) is 14.8 Å². The van der Waals surface area contributed by atoms with Crippen LogP contribution in [0.2, 0.25) is 0 Å². The van der Waals surface area contributed by atoms with Gasteiger partial charge < -0.3 is 9.88 Å². The van der Waals surface area contributed by atoms with Gasteiger partial charge >= 0.3 is 6.18 Å². The summed E-state index contributed by atoms with van der Waals surface area (Å²) in [4.78, 5) is 12.5. The predicted molar refractivity (Wildman–Crippen MR) is 112 cm³/mol. The van der Waals surface area contributed by atoms with Crippen LogP contribution >= 0.6 is 0 Å². The van der Waals surface area contributed by atoms with E-state index in [1.165, 1.54) is 18.6 Å². The Morgan fingerprint density at radius 3 is 2.58 bits per heavy atom. The van der Waals surface area contributed by atoms with Gasteiger partial charge in [0, 0.05) is 24.2 Å². The van der Waals surface area contributed by atoms with E-state index in [1.807, 2.05) is 25.1 Å². The Morgan fingerprint density at radius 2 is 1.84 bits per heavy atom. The highest BCUT2D eigenvalue weighted by Gasteiger charge is 2.30. The number of alkyl halides is 3. The maximum atomic E-state index is 12.7. The summed E-state index contributed by atoms with van der Waals surface area (Å²) in [6, 6.07) is 10.4. The quantitative estimate of drug-likeness (QED) is 0.623. The summed E-state index contributed by atoms with van der Waals surface area (Å²) >= 11 is 0. The van der Waals surface area contributed by atoms with Crippen LogP contribution in [0.5, 0.6) is 0 Å². The first-order chi connectivity index (χ1) is 14.8. The summed E-state index contributed by atoms with van der Waals surface area (Å²) in [7, 11) is 0. The van der Waals surface area contributed by atoms with Crippen molar-refractivity contribution >= 4 is 11.6 Å². The molecule has 1 amide bonds. The summed E-state index contributed by atoms with van der Waals surface area (Å²) in [6.07, 6.45) is -0.129. The lowest BCUT2D eigenvalue weighted by Gasteiger charge is -2.12. The zero-order valence-corrected chi connectivity index (χ0v) is 17.2. The van der Waals surface area contributed by atoms with Gasteiger partial charge in [-0.3, -0.25) is 4.79 Å². The molecule has 162 valence electrons. The standard InChI is InChI=1S/C23H23F3N4O/c1-15-6-9-17(22-29-28-20-5-3-2-4-12-30(20)22)14-19(15)27-21(31)13-16-7-10-18(11-8-16)23(24,25)26/h6-11,14H,2-5,12-13H2,1H3,(H,27,31). The van der Waals surface area contributed by atoms with Gasteiger partial charge in [0.1, 0.15) is 5.82 Å². The van der Waals surface area contributed by atoms with Crippen molar-refractivity contribution in [3.63, 3.8) is 0 Å². The molecule has 1 aromatic heterocycles. The zero-order valence-electron chi connectivity index (χ0n) is 17.2. The Kier molecular flexibility index (Phi) is 5.80. The minimum atomic E-state index is -4.39. The average molecular weight is 428 g/mol. The summed E-state index contributed by atoms with van der Waals surface area (Å²) in [5.74, 6) is 1.48. The maximum Gasteiger partial charge on any atom is 0.416 e. The molecule has 0 saturated carbocycles. The van der Waals surface area contributed by atoms with Gasteiger partial charge in [-0.2, -0.15) is 13.2 Å². The van der Waals surface area contributed by atoms with Gasteiger partial charge in [-0.1, -0.05) is 30.7 Å². The lowest BCUT2D eigenvalue weighted by atomic mass is 10.1. The molecular formula is C23H23F3N4O. The highest BCUT2D eigenvalue weighted by atomic mass is 19.4. The van der Waals surface area contributed by atoms with Crippen molar-refractivity contribution in [1.29, 1.82) is 0 Å². The number of fused-ring (bicyclic) bond motifs is 1. The van der Waals surface area contributed by atoms with Gasteiger partial charge in [0.2, 0.25) is 5.91 Å². The SMILES string of the molecule is Cc1ccc(-c2nnc3n2CCCCC3)cc1NC(=O)Cc1ccc(C(F)(F)F)cc1. The molecular weight excluding hydrogens is 405 g/mol. The number of anilines is 1. The summed E-state index contributed by atoms with van der Waals surface area (Å²) in [5, 5.41) is 11.6. The van der Waals surface area contributed by atoms with E-state index in [-0.39, 0.29) is 12.3 Å². The number of hydrogen-bond donors (Lipinski definition) is 1. The second-order valence-electron chi connectivity index (χ2n) is 7.85. The highest BCUT2D eigenvalue weighted by molar-refractivity contribution is 5.93. The number of carbonyl (C=O) groups excluding carboxylic acids is 1. The van der Waals surface area contributed by atoms with E-state index in [1.54, 1.807) is 0 Å². The fourth-order valence-electron chi connectivity index (χ4n) is 3.79. The normalized spacial score (nSPS) is 14.1. The smallest absolute Gasteiger partial charge is 0.326 e. The molecule has 1 N–H and O–H groups in total. The van der Waals surface area contributed by atoms with Crippen molar-refractivity contribution in [3.05, 3.63) is 65.0 Å². The van der Waals surface area contributed by atoms with Crippen LogP contribution < -0.4 is 5.32 Å². The first kappa shape index (κ1) is 21.1. The van der Waals surface area contributed by atoms with Crippen LogP contribution in [0, 0.1) is 6.92 Å². The molecule has 2 aromatic carbocycles. The number of aromatic nitrogens is 3. The van der Waals surface area contributed by atoms with E-state index >= 15 is 0 Å². The molecule has 31 heavy (non-hydrogen) atoms. The topological polar surface area (TPSA) is 59.8 Å². The van der Waals surface area contributed by atoms with Crippen LogP contribution in [0.4, 0.5) is 18.9 Å². The van der Waals surface area contributed by atoms with Crippen LogP contribution in [0.15, 0.2) is 42.5 Å². The molecule has 8 heteroatoms. The Balaban J connectivity index is 1.50. The van der Waals surface area contributed by atoms with Crippen molar-refractivity contribution < 1.29 is 18.0 Å². The number of aryl methyl sites for hydroxylation is 2. The van der Waals surface area contributed by atoms with Crippen molar-refractivity contribution in [2.45, 2.75) is 51.7 Å². The van der Waals surface area contributed by atoms with Gasteiger partial charge in [-0.25, -0.2) is 0 Å². The van der Waals surface area contributed by atoms with Crippen molar-refractivity contribution in [2.24, 2.45) is 0 Å². The fourth-order valence-corrected chi connectivity index (χ4v) is 3.79. The van der Waals surface area contributed by atoms with E-state index in [4.69, 9.17) is 0 Å². The van der Waals surface area contributed by atoms with E-state index < -0.39 is 11.7 Å². The summed E-state index contributed by atoms with van der Waals surface area (Å²) in [6.45, 7) is 2.77. The molecule has 0 radical (unpaired) electrons. The molecule has 4 rings (SSSR count). The third kappa shape index (κ3) is 4.78. The molecule has 0 spiro atoms. The van der Waals surface area contributed by atoms with Gasteiger partial charge in [0.15, 0.2) is 5.82 Å². The summed E-state index contributed by atoms with van der Waals surface area (Å²) in [5.41, 5.74) is 2.20. The van der Waals surface area contributed by atoms with Crippen LogP contribution in [-0.2, 0) is 30.4 Å². The third-order valence-corrected chi connectivity index (χ3v) is 5.53. The number of benzene rings is 2. The Morgan fingerprint density at radius 1 is 1.06 bits per heavy atom. The van der Waals surface area contributed by atoms with Gasteiger partial charge in [-0.05, 0) is 49.1 Å². The van der Waals surface area contributed by atoms with Gasteiger partial charge in [0.05, 0.1) is 12.0 Å². The van der Waals surface area contributed by atoms with E-state index in [9.17, 15) is 18.0 Å². The second kappa shape index (κ2) is 8.53. The minimum Gasteiger partial charge on any atom is -0.326 e. The number of halogens is 3. The van der Waals surface area contributed by atoms with Crippen molar-refractivity contribution in [3.8, 4) is 11.4 Å². The Hall–Kier alpha value is -3.16. The molecule has 0 atom stereocenters. The molecule has 0 bridgehead atoms. The molecule has 0 saturated heterocycles. The van der Waals surface area contributed by atoms with Crippen LogP contribution in [-0.4, -0.2) is 20.7 Å². The molecule has 0 fully saturated rings. The molecule has 3 aromatic rings. The van der Waals surface area contributed by atoms with Gasteiger partial charge in [-0.15, -0.1) is 10.2 Å². The average Bonchev–Trinajstić information content (AvgIpc) is 2.97. The van der Waals surface area contributed by atoms with Crippen LogP contribution in [0.1, 0.15) is 41.8 Å². The number of nitrogens with one attached hydrogen (secondary N) is 1. The molecule has 0 aliphatic carbocycles. The van der Waals surface area contributed by atoms with Crippen LogP contribution in [0.3, 0.4) is 0 Å². The first-order valence-electron chi connectivity index (χ1n) is 10.3. The molecule has 0 unspecified atom stereocenters. The molecule has 1 aliphatic rings. The third-order valence-electron chi connectivity index (χ3n) is 5.53.